The van der Waals surface area contributed by atoms with Crippen LogP contribution in [0.2, 0.25) is 0 Å². The van der Waals surface area contributed by atoms with Crippen LogP contribution in [0.4, 0.5) is 0 Å². The summed E-state index contributed by atoms with van der Waals surface area (Å²) in [4.78, 5) is 35.0. The fraction of sp³-hybridized carbons (Fsp3) is 0.667. The van der Waals surface area contributed by atoms with Crippen LogP contribution in [-0.2, 0) is 19.1 Å². The number of hydrogen-bond acceptors (Lipinski definition) is 4. The molecular weight excluding hydrogens is 222 g/mol. The van der Waals surface area contributed by atoms with Crippen LogP contribution < -0.4 is 0 Å². The number of amides is 1. The molecule has 1 saturated carbocycles. The highest BCUT2D eigenvalue weighted by Gasteiger charge is 2.56. The van der Waals surface area contributed by atoms with E-state index in [1.807, 2.05) is 0 Å². The number of hydrogen-bond donors (Lipinski definition) is 0. The largest absolute Gasteiger partial charge is 0.462 e. The molecule has 6 heteroatoms. The summed E-state index contributed by atoms with van der Waals surface area (Å²) in [7, 11) is 1.14. The summed E-state index contributed by atoms with van der Waals surface area (Å²) >= 11 is 5.37. The van der Waals surface area contributed by atoms with Crippen molar-refractivity contribution in [3.05, 3.63) is 0 Å². The lowest BCUT2D eigenvalue weighted by Crippen LogP contribution is -2.45. The smallest absolute Gasteiger partial charge is 0.396 e. The summed E-state index contributed by atoms with van der Waals surface area (Å²) in [6, 6.07) is -0.647. The molecular formula is C9H10ClNO4. The van der Waals surface area contributed by atoms with Gasteiger partial charge in [0.25, 0.3) is 0 Å². The molecule has 2 fully saturated rings. The van der Waals surface area contributed by atoms with Crippen molar-refractivity contribution in [2.45, 2.75) is 24.9 Å². The Morgan fingerprint density at radius 2 is 2.00 bits per heavy atom. The summed E-state index contributed by atoms with van der Waals surface area (Å²) in [5, 5.41) is -0.584. The van der Waals surface area contributed by atoms with Crippen molar-refractivity contribution >= 4 is 28.7 Å². The lowest BCUT2D eigenvalue weighted by atomic mass is 10.2. The average Bonchev–Trinajstić information content (AvgIpc) is 2.87. The second kappa shape index (κ2) is 3.48. The number of nitrogens with zero attached hydrogens (tertiary/aromatic N) is 1. The van der Waals surface area contributed by atoms with Gasteiger partial charge in [0.1, 0.15) is 6.04 Å². The third-order valence-electron chi connectivity index (χ3n) is 2.96. The molecule has 0 spiro atoms. The maximum atomic E-state index is 11.6. The minimum absolute atomic E-state index is 0.00398. The summed E-state index contributed by atoms with van der Waals surface area (Å²) in [6.45, 7) is 0. The Balaban J connectivity index is 2.15. The molecule has 0 aromatic heterocycles. The molecule has 1 aliphatic carbocycles. The molecule has 0 bridgehead atoms. The summed E-state index contributed by atoms with van der Waals surface area (Å²) < 4.78 is 4.33. The highest BCUT2D eigenvalue weighted by Crippen LogP contribution is 2.48. The molecule has 1 saturated heterocycles. The van der Waals surface area contributed by atoms with Gasteiger partial charge in [-0.1, -0.05) is 0 Å². The van der Waals surface area contributed by atoms with Gasteiger partial charge in [-0.15, -0.1) is 0 Å². The van der Waals surface area contributed by atoms with E-state index >= 15 is 0 Å². The zero-order chi connectivity index (χ0) is 11.2. The number of rotatable bonds is 1. The molecule has 0 N–H and O–H groups in total. The van der Waals surface area contributed by atoms with Gasteiger partial charge in [0.15, 0.2) is 0 Å². The minimum Gasteiger partial charge on any atom is -0.462 e. The number of carbonyl (C=O) groups excluding carboxylic acids is 3. The van der Waals surface area contributed by atoms with Gasteiger partial charge >= 0.3 is 11.9 Å². The highest BCUT2D eigenvalue weighted by molar-refractivity contribution is 6.65. The Morgan fingerprint density at radius 1 is 1.33 bits per heavy atom. The van der Waals surface area contributed by atoms with Crippen LogP contribution in [0.3, 0.4) is 0 Å². The van der Waals surface area contributed by atoms with Gasteiger partial charge in [-0.2, -0.15) is 0 Å². The SMILES string of the molecule is COC(=O)C(=O)N1[C@@H]2C[C@@H]2C[C@H]1C(=O)Cl. The van der Waals surface area contributed by atoms with Crippen molar-refractivity contribution in [2.24, 2.45) is 5.92 Å². The van der Waals surface area contributed by atoms with Gasteiger partial charge in [0.05, 0.1) is 7.11 Å². The van der Waals surface area contributed by atoms with E-state index in [1.54, 1.807) is 0 Å². The third kappa shape index (κ3) is 1.61. The Hall–Kier alpha value is -1.10. The Kier molecular flexibility index (Phi) is 2.42. The molecule has 0 unspecified atom stereocenters. The Morgan fingerprint density at radius 3 is 2.53 bits per heavy atom. The van der Waals surface area contributed by atoms with Gasteiger partial charge in [-0.3, -0.25) is 9.59 Å². The van der Waals surface area contributed by atoms with Crippen LogP contribution in [0.15, 0.2) is 0 Å². The van der Waals surface area contributed by atoms with Crippen molar-refractivity contribution in [1.29, 1.82) is 0 Å². The molecule has 2 rings (SSSR count). The van der Waals surface area contributed by atoms with Crippen LogP contribution in [0.5, 0.6) is 0 Å². The molecule has 1 amide bonds. The van der Waals surface area contributed by atoms with Gasteiger partial charge in [0, 0.05) is 6.04 Å². The van der Waals surface area contributed by atoms with Crippen LogP contribution in [0.25, 0.3) is 0 Å². The van der Waals surface area contributed by atoms with E-state index in [2.05, 4.69) is 4.74 Å². The monoisotopic (exact) mass is 231 g/mol. The highest BCUT2D eigenvalue weighted by atomic mass is 35.5. The van der Waals surface area contributed by atoms with E-state index in [4.69, 9.17) is 11.6 Å². The normalized spacial score (nSPS) is 32.1. The number of likely N-dealkylation sites (tertiary alicyclic amines) is 1. The fourth-order valence-electron chi connectivity index (χ4n) is 2.14. The average molecular weight is 232 g/mol. The number of ether oxygens (including phenoxy) is 1. The second-order valence-electron chi connectivity index (χ2n) is 3.82. The first kappa shape index (κ1) is 10.4. The maximum Gasteiger partial charge on any atom is 0.396 e. The number of halogens is 1. The molecule has 0 aromatic rings. The van der Waals surface area contributed by atoms with Crippen molar-refractivity contribution in [1.82, 2.24) is 4.90 Å². The topological polar surface area (TPSA) is 63.7 Å². The molecule has 5 nitrogen and oxygen atoms in total. The van der Waals surface area contributed by atoms with E-state index in [-0.39, 0.29) is 6.04 Å². The van der Waals surface area contributed by atoms with Crippen LogP contribution >= 0.6 is 11.6 Å². The van der Waals surface area contributed by atoms with Gasteiger partial charge in [0.2, 0.25) is 5.24 Å². The first-order valence-corrected chi connectivity index (χ1v) is 5.04. The predicted octanol–water partition coefficient (Wildman–Crippen LogP) is -0.0858. The molecule has 1 heterocycles. The number of esters is 1. The fourth-order valence-corrected chi connectivity index (χ4v) is 2.34. The van der Waals surface area contributed by atoms with Gasteiger partial charge in [-0.25, -0.2) is 4.79 Å². The molecule has 0 radical (unpaired) electrons. The molecule has 15 heavy (non-hydrogen) atoms. The third-order valence-corrected chi connectivity index (χ3v) is 3.21. The Labute approximate surface area is 91.3 Å². The quantitative estimate of drug-likeness (QED) is 0.360. The summed E-state index contributed by atoms with van der Waals surface area (Å²) in [5.41, 5.74) is 0. The van der Waals surface area contributed by atoms with E-state index in [9.17, 15) is 14.4 Å². The zero-order valence-corrected chi connectivity index (χ0v) is 8.86. The molecule has 3 atom stereocenters. The number of piperidine rings is 1. The molecule has 1 aliphatic heterocycles. The molecule has 82 valence electrons. The van der Waals surface area contributed by atoms with Crippen molar-refractivity contribution in [3.8, 4) is 0 Å². The number of methoxy groups -OCH3 is 1. The Bertz CT molecular complexity index is 343. The van der Waals surface area contributed by atoms with Crippen molar-refractivity contribution < 1.29 is 19.1 Å². The van der Waals surface area contributed by atoms with Crippen LogP contribution in [-0.4, -0.2) is 41.2 Å². The van der Waals surface area contributed by atoms with Crippen molar-refractivity contribution in [3.63, 3.8) is 0 Å². The van der Waals surface area contributed by atoms with Crippen molar-refractivity contribution in [2.75, 3.05) is 7.11 Å². The molecule has 2 aliphatic rings. The molecule has 0 aromatic carbocycles. The second-order valence-corrected chi connectivity index (χ2v) is 4.20. The standard InChI is InChI=1S/C9H10ClNO4/c1-15-9(14)8(13)11-5-2-4(5)3-6(11)7(10)12/h4-6H,2-3H2,1H3/t4-,5-,6+/m1/s1. The van der Waals surface area contributed by atoms with Crippen LogP contribution in [0, 0.1) is 5.92 Å². The number of fused-ring (bicyclic) bond motifs is 1. The van der Waals surface area contributed by atoms with Gasteiger partial charge < -0.3 is 9.64 Å². The van der Waals surface area contributed by atoms with E-state index in [0.29, 0.717) is 12.3 Å². The zero-order valence-electron chi connectivity index (χ0n) is 8.10. The van der Waals surface area contributed by atoms with E-state index < -0.39 is 23.2 Å². The van der Waals surface area contributed by atoms with E-state index in [1.165, 1.54) is 4.90 Å². The lowest BCUT2D eigenvalue weighted by Gasteiger charge is -2.23. The summed E-state index contributed by atoms with van der Waals surface area (Å²) in [5.74, 6) is -1.38. The predicted molar refractivity (Wildman–Crippen MR) is 50.0 cm³/mol. The van der Waals surface area contributed by atoms with Crippen LogP contribution in [0.1, 0.15) is 12.8 Å². The first-order chi connectivity index (χ1) is 7.06. The minimum atomic E-state index is -0.939. The lowest BCUT2D eigenvalue weighted by molar-refractivity contribution is -0.159. The first-order valence-electron chi connectivity index (χ1n) is 4.66. The summed E-state index contributed by atoms with van der Waals surface area (Å²) in [6.07, 6.45) is 1.42. The van der Waals surface area contributed by atoms with E-state index in [0.717, 1.165) is 13.5 Å². The maximum absolute atomic E-state index is 11.6. The number of carbonyl (C=O) groups is 3. The van der Waals surface area contributed by atoms with Gasteiger partial charge in [-0.05, 0) is 30.4 Å².